The average Bonchev–Trinajstić information content (AvgIpc) is 2.43. The summed E-state index contributed by atoms with van der Waals surface area (Å²) in [6.45, 7) is 0.428. The van der Waals surface area contributed by atoms with Crippen LogP contribution in [0.1, 0.15) is 18.4 Å². The quantitative estimate of drug-likeness (QED) is 0.734. The van der Waals surface area contributed by atoms with Crippen LogP contribution in [0.3, 0.4) is 0 Å². The smallest absolute Gasteiger partial charge is 0.214 e. The molecule has 1 heterocycles. The van der Waals surface area contributed by atoms with Gasteiger partial charge < -0.3 is 4.74 Å². The van der Waals surface area contributed by atoms with Crippen LogP contribution < -0.4 is 4.72 Å². The van der Waals surface area contributed by atoms with Gasteiger partial charge in [-0.3, -0.25) is 0 Å². The van der Waals surface area contributed by atoms with E-state index in [4.69, 9.17) is 4.74 Å². The third-order valence-corrected chi connectivity index (χ3v) is 6.63. The zero-order valence-electron chi connectivity index (χ0n) is 12.3. The van der Waals surface area contributed by atoms with E-state index in [0.29, 0.717) is 19.4 Å². The topological polar surface area (TPSA) is 89.5 Å². The van der Waals surface area contributed by atoms with Crippen molar-refractivity contribution < 1.29 is 21.6 Å². The lowest BCUT2D eigenvalue weighted by Crippen LogP contribution is -2.44. The molecule has 1 atom stereocenters. The number of ether oxygens (including phenoxy) is 1. The van der Waals surface area contributed by atoms with Crippen LogP contribution in [-0.2, 0) is 31.2 Å². The summed E-state index contributed by atoms with van der Waals surface area (Å²) in [7, 11) is -6.65. The molecule has 124 valence electrons. The van der Waals surface area contributed by atoms with E-state index in [9.17, 15) is 16.8 Å². The van der Waals surface area contributed by atoms with Crippen molar-refractivity contribution in [2.45, 2.75) is 25.5 Å². The zero-order chi connectivity index (χ0) is 16.1. The monoisotopic (exact) mass is 347 g/mol. The SMILES string of the molecule is O=S1(=O)CCCC(NS(=O)(=O)CCOCc2ccccc2)C1. The Morgan fingerprint density at radius 1 is 1.23 bits per heavy atom. The van der Waals surface area contributed by atoms with Gasteiger partial charge in [-0.25, -0.2) is 21.6 Å². The summed E-state index contributed by atoms with van der Waals surface area (Å²) < 4.78 is 54.7. The molecule has 8 heteroatoms. The largest absolute Gasteiger partial charge is 0.376 e. The molecular weight excluding hydrogens is 326 g/mol. The highest BCUT2D eigenvalue weighted by Gasteiger charge is 2.27. The lowest BCUT2D eigenvalue weighted by molar-refractivity contribution is 0.135. The van der Waals surface area contributed by atoms with Gasteiger partial charge in [0.05, 0.1) is 30.5 Å². The molecule has 2 rings (SSSR count). The molecule has 1 aromatic carbocycles. The van der Waals surface area contributed by atoms with Gasteiger partial charge >= 0.3 is 0 Å². The Morgan fingerprint density at radius 2 is 1.95 bits per heavy atom. The number of sulfonamides is 1. The molecule has 1 fully saturated rings. The summed E-state index contributed by atoms with van der Waals surface area (Å²) in [5.74, 6) is -0.140. The maximum absolute atomic E-state index is 11.9. The second-order valence-corrected chi connectivity index (χ2v) is 9.53. The van der Waals surface area contributed by atoms with Crippen LogP contribution in [0.4, 0.5) is 0 Å². The second kappa shape index (κ2) is 7.54. The van der Waals surface area contributed by atoms with E-state index in [2.05, 4.69) is 4.72 Å². The number of hydrogen-bond donors (Lipinski definition) is 1. The molecule has 22 heavy (non-hydrogen) atoms. The van der Waals surface area contributed by atoms with E-state index in [0.717, 1.165) is 5.56 Å². The van der Waals surface area contributed by atoms with Crippen molar-refractivity contribution in [2.24, 2.45) is 0 Å². The first-order chi connectivity index (χ1) is 10.4. The van der Waals surface area contributed by atoms with Crippen molar-refractivity contribution in [1.29, 1.82) is 0 Å². The van der Waals surface area contributed by atoms with Crippen LogP contribution in [0.15, 0.2) is 30.3 Å². The van der Waals surface area contributed by atoms with E-state index in [1.54, 1.807) is 0 Å². The Hall–Kier alpha value is -0.960. The van der Waals surface area contributed by atoms with Crippen LogP contribution in [0, 0.1) is 0 Å². The van der Waals surface area contributed by atoms with Crippen LogP contribution in [0.25, 0.3) is 0 Å². The van der Waals surface area contributed by atoms with Crippen LogP contribution >= 0.6 is 0 Å². The van der Waals surface area contributed by atoms with Gasteiger partial charge in [0.15, 0.2) is 9.84 Å². The zero-order valence-corrected chi connectivity index (χ0v) is 13.9. The first kappa shape index (κ1) is 17.4. The maximum Gasteiger partial charge on any atom is 0.214 e. The van der Waals surface area contributed by atoms with Gasteiger partial charge in [0.25, 0.3) is 0 Å². The van der Waals surface area contributed by atoms with Gasteiger partial charge in [0, 0.05) is 6.04 Å². The molecule has 0 amide bonds. The highest BCUT2D eigenvalue weighted by molar-refractivity contribution is 7.91. The second-order valence-electron chi connectivity index (χ2n) is 5.43. The van der Waals surface area contributed by atoms with E-state index in [1.165, 1.54) is 0 Å². The minimum Gasteiger partial charge on any atom is -0.376 e. The minimum absolute atomic E-state index is 0.0731. The summed E-state index contributed by atoms with van der Waals surface area (Å²) in [6, 6.07) is 8.97. The number of hydrogen-bond acceptors (Lipinski definition) is 5. The van der Waals surface area contributed by atoms with Gasteiger partial charge in [0.2, 0.25) is 10.0 Å². The number of sulfone groups is 1. The molecule has 1 unspecified atom stereocenters. The highest BCUT2D eigenvalue weighted by Crippen LogP contribution is 2.13. The van der Waals surface area contributed by atoms with Crippen LogP contribution in [-0.4, -0.2) is 46.7 Å². The van der Waals surface area contributed by atoms with Crippen molar-refractivity contribution in [3.63, 3.8) is 0 Å². The van der Waals surface area contributed by atoms with Gasteiger partial charge in [-0.2, -0.15) is 0 Å². The fraction of sp³-hybridized carbons (Fsp3) is 0.571. The van der Waals surface area contributed by atoms with Crippen molar-refractivity contribution in [1.82, 2.24) is 4.72 Å². The summed E-state index contributed by atoms with van der Waals surface area (Å²) in [6.07, 6.45) is 1.06. The fourth-order valence-corrected chi connectivity index (χ4v) is 5.27. The van der Waals surface area contributed by atoms with Crippen LogP contribution in [0.5, 0.6) is 0 Å². The molecule has 1 aromatic rings. The van der Waals surface area contributed by atoms with Crippen molar-refractivity contribution in [3.05, 3.63) is 35.9 Å². The predicted molar refractivity (Wildman–Crippen MR) is 84.7 cm³/mol. The summed E-state index contributed by atoms with van der Waals surface area (Å²) in [5.41, 5.74) is 0.978. The molecule has 0 bridgehead atoms. The number of nitrogens with one attached hydrogen (secondary N) is 1. The molecule has 0 aliphatic carbocycles. The summed E-state index contributed by atoms with van der Waals surface area (Å²) >= 11 is 0. The lowest BCUT2D eigenvalue weighted by atomic mass is 10.2. The summed E-state index contributed by atoms with van der Waals surface area (Å²) in [5, 5.41) is 0. The Kier molecular flexibility index (Phi) is 5.96. The average molecular weight is 347 g/mol. The Labute approximate surface area is 131 Å². The van der Waals surface area contributed by atoms with E-state index >= 15 is 0 Å². The maximum atomic E-state index is 11.9. The molecule has 1 aliphatic heterocycles. The van der Waals surface area contributed by atoms with Crippen molar-refractivity contribution in [2.75, 3.05) is 23.9 Å². The third-order valence-electron chi connectivity index (χ3n) is 3.42. The van der Waals surface area contributed by atoms with Gasteiger partial charge in [-0.05, 0) is 18.4 Å². The Balaban J connectivity index is 1.74. The fourth-order valence-electron chi connectivity index (χ4n) is 2.36. The van der Waals surface area contributed by atoms with Gasteiger partial charge in [-0.1, -0.05) is 30.3 Å². The van der Waals surface area contributed by atoms with Crippen LogP contribution in [0.2, 0.25) is 0 Å². The Bertz CT molecular complexity index is 670. The highest BCUT2D eigenvalue weighted by atomic mass is 32.2. The molecular formula is C14H21NO5S2. The third kappa shape index (κ3) is 6.04. The first-order valence-corrected chi connectivity index (χ1v) is 10.7. The molecule has 0 aromatic heterocycles. The van der Waals surface area contributed by atoms with Gasteiger partial charge in [-0.15, -0.1) is 0 Å². The molecule has 1 saturated heterocycles. The predicted octanol–water partition coefficient (Wildman–Crippen LogP) is 0.700. The molecule has 0 spiro atoms. The molecule has 1 aliphatic rings. The molecule has 6 nitrogen and oxygen atoms in total. The minimum atomic E-state index is -3.53. The van der Waals surface area contributed by atoms with Crippen molar-refractivity contribution in [3.8, 4) is 0 Å². The lowest BCUT2D eigenvalue weighted by Gasteiger charge is -2.22. The van der Waals surface area contributed by atoms with Crippen molar-refractivity contribution >= 4 is 19.9 Å². The van der Waals surface area contributed by atoms with E-state index < -0.39 is 25.9 Å². The first-order valence-electron chi connectivity index (χ1n) is 7.18. The normalized spacial score (nSPS) is 21.5. The molecule has 0 radical (unpaired) electrons. The molecule has 0 saturated carbocycles. The standard InChI is InChI=1S/C14H21NO5S2/c16-21(17)9-4-7-14(12-21)15-22(18,19)10-8-20-11-13-5-2-1-3-6-13/h1-3,5-6,14-15H,4,7-12H2. The summed E-state index contributed by atoms with van der Waals surface area (Å²) in [4.78, 5) is 0. The number of benzene rings is 1. The van der Waals surface area contributed by atoms with E-state index in [1.807, 2.05) is 30.3 Å². The van der Waals surface area contributed by atoms with E-state index in [-0.39, 0.29) is 23.9 Å². The Morgan fingerprint density at radius 3 is 2.64 bits per heavy atom. The van der Waals surface area contributed by atoms with Gasteiger partial charge in [0.1, 0.15) is 0 Å². The molecule has 1 N–H and O–H groups in total. The number of rotatable bonds is 7.